The van der Waals surface area contributed by atoms with E-state index in [9.17, 15) is 0 Å². The summed E-state index contributed by atoms with van der Waals surface area (Å²) in [5.74, 6) is 1.42. The lowest BCUT2D eigenvalue weighted by atomic mass is 10.2. The Labute approximate surface area is 122 Å². The van der Waals surface area contributed by atoms with Gasteiger partial charge in [-0.05, 0) is 17.7 Å². The molecular formula is C17H15NO3. The van der Waals surface area contributed by atoms with Gasteiger partial charge in [0.25, 0.3) is 0 Å². The summed E-state index contributed by atoms with van der Waals surface area (Å²) in [6, 6.07) is 19.0. The van der Waals surface area contributed by atoms with Crippen molar-refractivity contribution in [3.05, 3.63) is 71.9 Å². The van der Waals surface area contributed by atoms with E-state index in [0.29, 0.717) is 12.4 Å². The fourth-order valence-electron chi connectivity index (χ4n) is 2.01. The molecule has 106 valence electrons. The number of aliphatic hydroxyl groups is 1. The summed E-state index contributed by atoms with van der Waals surface area (Å²) >= 11 is 0. The van der Waals surface area contributed by atoms with E-state index >= 15 is 0 Å². The van der Waals surface area contributed by atoms with Crippen LogP contribution in [0.5, 0.6) is 5.75 Å². The van der Waals surface area contributed by atoms with Gasteiger partial charge in [-0.15, -0.1) is 0 Å². The highest BCUT2D eigenvalue weighted by molar-refractivity contribution is 5.56. The van der Waals surface area contributed by atoms with Crippen molar-refractivity contribution >= 4 is 0 Å². The van der Waals surface area contributed by atoms with Gasteiger partial charge in [-0.25, -0.2) is 0 Å². The van der Waals surface area contributed by atoms with E-state index in [1.807, 2.05) is 54.6 Å². The number of nitrogens with zero attached hydrogens (tertiary/aromatic N) is 1. The van der Waals surface area contributed by atoms with Gasteiger partial charge in [-0.3, -0.25) is 0 Å². The molecule has 4 nitrogen and oxygen atoms in total. The van der Waals surface area contributed by atoms with E-state index < -0.39 is 0 Å². The third kappa shape index (κ3) is 3.30. The van der Waals surface area contributed by atoms with E-state index in [1.54, 1.807) is 6.07 Å². The number of aliphatic hydroxyl groups excluding tert-OH is 1. The summed E-state index contributed by atoms with van der Waals surface area (Å²) in [6.07, 6.45) is 0. The molecule has 1 aromatic heterocycles. The van der Waals surface area contributed by atoms with E-state index in [1.165, 1.54) is 0 Å². The van der Waals surface area contributed by atoms with Crippen molar-refractivity contribution in [2.45, 2.75) is 13.2 Å². The molecule has 1 heterocycles. The first-order valence-corrected chi connectivity index (χ1v) is 6.69. The molecule has 3 aromatic rings. The van der Waals surface area contributed by atoms with E-state index in [-0.39, 0.29) is 6.61 Å². The molecule has 0 radical (unpaired) electrons. The lowest BCUT2D eigenvalue weighted by molar-refractivity contribution is 0.275. The average Bonchev–Trinajstić information content (AvgIpc) is 3.03. The predicted octanol–water partition coefficient (Wildman–Crippen LogP) is 3.41. The molecule has 0 aliphatic rings. The van der Waals surface area contributed by atoms with E-state index in [4.69, 9.17) is 14.4 Å². The second-order valence-electron chi connectivity index (χ2n) is 4.64. The van der Waals surface area contributed by atoms with Gasteiger partial charge >= 0.3 is 0 Å². The highest BCUT2D eigenvalue weighted by Gasteiger charge is 2.07. The van der Waals surface area contributed by atoms with Gasteiger partial charge in [0.2, 0.25) is 0 Å². The second kappa shape index (κ2) is 6.24. The molecule has 0 saturated heterocycles. The highest BCUT2D eigenvalue weighted by Crippen LogP contribution is 2.21. The Kier molecular flexibility index (Phi) is 3.98. The SMILES string of the molecule is OCc1cccc(OCc2cc(-c3ccccc3)on2)c1. The molecular weight excluding hydrogens is 266 g/mol. The minimum absolute atomic E-state index is 0.000679. The Morgan fingerprint density at radius 3 is 2.67 bits per heavy atom. The molecule has 21 heavy (non-hydrogen) atoms. The van der Waals surface area contributed by atoms with Crippen molar-refractivity contribution in [1.29, 1.82) is 0 Å². The van der Waals surface area contributed by atoms with E-state index in [2.05, 4.69) is 5.16 Å². The van der Waals surface area contributed by atoms with Gasteiger partial charge in [-0.2, -0.15) is 0 Å². The number of rotatable bonds is 5. The maximum absolute atomic E-state index is 9.09. The van der Waals surface area contributed by atoms with Crippen LogP contribution in [0.3, 0.4) is 0 Å². The summed E-state index contributed by atoms with van der Waals surface area (Å²) < 4.78 is 11.0. The molecule has 0 saturated carbocycles. The quantitative estimate of drug-likeness (QED) is 0.778. The van der Waals surface area contributed by atoms with Gasteiger partial charge in [0.1, 0.15) is 18.1 Å². The number of hydrogen-bond donors (Lipinski definition) is 1. The fraction of sp³-hybridized carbons (Fsp3) is 0.118. The maximum atomic E-state index is 9.09. The fourth-order valence-corrected chi connectivity index (χ4v) is 2.01. The molecule has 1 N–H and O–H groups in total. The van der Waals surface area contributed by atoms with Crippen molar-refractivity contribution < 1.29 is 14.4 Å². The van der Waals surface area contributed by atoms with Crippen molar-refractivity contribution in [2.24, 2.45) is 0 Å². The Morgan fingerprint density at radius 1 is 1.00 bits per heavy atom. The van der Waals surface area contributed by atoms with Crippen LogP contribution >= 0.6 is 0 Å². The molecule has 0 atom stereocenters. The molecule has 0 unspecified atom stereocenters. The van der Waals surface area contributed by atoms with Gasteiger partial charge < -0.3 is 14.4 Å². The summed E-state index contributed by atoms with van der Waals surface area (Å²) in [7, 11) is 0. The van der Waals surface area contributed by atoms with Crippen LogP contribution in [0.15, 0.2) is 65.2 Å². The zero-order chi connectivity index (χ0) is 14.5. The molecule has 0 spiro atoms. The molecule has 0 fully saturated rings. The van der Waals surface area contributed by atoms with Crippen LogP contribution in [-0.2, 0) is 13.2 Å². The third-order valence-corrected chi connectivity index (χ3v) is 3.08. The molecule has 0 bridgehead atoms. The summed E-state index contributed by atoms with van der Waals surface area (Å²) in [6.45, 7) is 0.324. The van der Waals surface area contributed by atoms with Crippen LogP contribution in [0.2, 0.25) is 0 Å². The van der Waals surface area contributed by atoms with Gasteiger partial charge in [0.05, 0.1) is 6.61 Å². The van der Waals surface area contributed by atoms with Crippen LogP contribution in [-0.4, -0.2) is 10.3 Å². The Bertz CT molecular complexity index is 707. The Hall–Kier alpha value is -2.59. The Morgan fingerprint density at radius 2 is 1.86 bits per heavy atom. The zero-order valence-electron chi connectivity index (χ0n) is 11.4. The van der Waals surface area contributed by atoms with Crippen LogP contribution in [0, 0.1) is 0 Å². The molecule has 0 aliphatic heterocycles. The first-order valence-electron chi connectivity index (χ1n) is 6.69. The molecule has 3 rings (SSSR count). The second-order valence-corrected chi connectivity index (χ2v) is 4.64. The lowest BCUT2D eigenvalue weighted by Crippen LogP contribution is -1.96. The number of benzene rings is 2. The number of hydrogen-bond acceptors (Lipinski definition) is 4. The van der Waals surface area contributed by atoms with Crippen molar-refractivity contribution in [3.8, 4) is 17.1 Å². The van der Waals surface area contributed by atoms with Gasteiger partial charge in [0.15, 0.2) is 5.76 Å². The van der Waals surface area contributed by atoms with Gasteiger partial charge in [-0.1, -0.05) is 47.6 Å². The van der Waals surface area contributed by atoms with Crippen molar-refractivity contribution in [2.75, 3.05) is 0 Å². The number of ether oxygens (including phenoxy) is 1. The first kappa shape index (κ1) is 13.4. The highest BCUT2D eigenvalue weighted by atomic mass is 16.5. The minimum atomic E-state index is -0.000679. The van der Waals surface area contributed by atoms with Crippen LogP contribution in [0.25, 0.3) is 11.3 Å². The van der Waals surface area contributed by atoms with Crippen molar-refractivity contribution in [3.63, 3.8) is 0 Å². The number of aromatic nitrogens is 1. The Balaban J connectivity index is 1.67. The maximum Gasteiger partial charge on any atom is 0.167 e. The van der Waals surface area contributed by atoms with Crippen LogP contribution in [0.1, 0.15) is 11.3 Å². The third-order valence-electron chi connectivity index (χ3n) is 3.08. The van der Waals surface area contributed by atoms with Gasteiger partial charge in [0, 0.05) is 11.6 Å². The smallest absolute Gasteiger partial charge is 0.167 e. The summed E-state index contributed by atoms with van der Waals surface area (Å²) in [5.41, 5.74) is 2.53. The minimum Gasteiger partial charge on any atom is -0.487 e. The summed E-state index contributed by atoms with van der Waals surface area (Å²) in [5, 5.41) is 13.1. The van der Waals surface area contributed by atoms with Crippen LogP contribution in [0.4, 0.5) is 0 Å². The van der Waals surface area contributed by atoms with Crippen LogP contribution < -0.4 is 4.74 Å². The molecule has 4 heteroatoms. The summed E-state index contributed by atoms with van der Waals surface area (Å²) in [4.78, 5) is 0. The topological polar surface area (TPSA) is 55.5 Å². The van der Waals surface area contributed by atoms with Crippen molar-refractivity contribution in [1.82, 2.24) is 5.16 Å². The molecule has 2 aromatic carbocycles. The molecule has 0 amide bonds. The zero-order valence-corrected chi connectivity index (χ0v) is 11.4. The largest absolute Gasteiger partial charge is 0.487 e. The standard InChI is InChI=1S/C17H15NO3/c19-11-13-5-4-8-16(9-13)20-12-15-10-17(21-18-15)14-6-2-1-3-7-14/h1-10,19H,11-12H2. The predicted molar refractivity (Wildman–Crippen MR) is 78.6 cm³/mol. The lowest BCUT2D eigenvalue weighted by Gasteiger charge is -2.04. The normalized spacial score (nSPS) is 10.5. The monoisotopic (exact) mass is 281 g/mol. The first-order chi connectivity index (χ1) is 10.3. The average molecular weight is 281 g/mol. The molecule has 0 aliphatic carbocycles. The van der Waals surface area contributed by atoms with E-state index in [0.717, 1.165) is 22.6 Å².